The van der Waals surface area contributed by atoms with Gasteiger partial charge in [-0.3, -0.25) is 0 Å². The van der Waals surface area contributed by atoms with Crippen molar-refractivity contribution in [2.75, 3.05) is 25.5 Å². The smallest absolute Gasteiger partial charge is 0.321 e. The number of rotatable bonds is 4. The van der Waals surface area contributed by atoms with E-state index in [4.69, 9.17) is 9.26 Å². The molecule has 2 heterocycles. The van der Waals surface area contributed by atoms with Crippen LogP contribution < -0.4 is 10.1 Å². The second kappa shape index (κ2) is 7.90. The summed E-state index contributed by atoms with van der Waals surface area (Å²) in [6, 6.07) is 15.8. The molecule has 1 aliphatic heterocycles. The highest BCUT2D eigenvalue weighted by atomic mass is 19.1. The van der Waals surface area contributed by atoms with Gasteiger partial charge in [-0.25, -0.2) is 9.18 Å². The standard InChI is InChI=1S/C21H21FN4O3/c1-28-17-10-8-16(9-11-17)23-20(27)26-13-5-12-21(22,14-26)19-24-18(25-29-19)15-6-3-2-4-7-15/h2-4,6-11H,5,12-14H2,1H3,(H,23,27). The van der Waals surface area contributed by atoms with Gasteiger partial charge in [0, 0.05) is 17.8 Å². The van der Waals surface area contributed by atoms with E-state index in [1.165, 1.54) is 4.90 Å². The van der Waals surface area contributed by atoms with E-state index >= 15 is 4.39 Å². The Labute approximate surface area is 167 Å². The highest BCUT2D eigenvalue weighted by Gasteiger charge is 2.44. The fourth-order valence-electron chi connectivity index (χ4n) is 3.35. The lowest BCUT2D eigenvalue weighted by Gasteiger charge is -2.35. The van der Waals surface area contributed by atoms with Gasteiger partial charge in [-0.2, -0.15) is 4.98 Å². The van der Waals surface area contributed by atoms with Gasteiger partial charge in [-0.1, -0.05) is 35.5 Å². The van der Waals surface area contributed by atoms with Gasteiger partial charge in [0.15, 0.2) is 0 Å². The molecule has 0 saturated carbocycles. The maximum absolute atomic E-state index is 15.6. The first kappa shape index (κ1) is 18.9. The molecule has 8 heteroatoms. The molecule has 1 fully saturated rings. The number of nitrogens with one attached hydrogen (secondary N) is 1. The van der Waals surface area contributed by atoms with Gasteiger partial charge < -0.3 is 19.5 Å². The molecular formula is C21H21FN4O3. The van der Waals surface area contributed by atoms with Crippen LogP contribution in [0, 0.1) is 0 Å². The number of ether oxygens (including phenoxy) is 1. The largest absolute Gasteiger partial charge is 0.497 e. The Bertz CT molecular complexity index is 977. The Morgan fingerprint density at radius 2 is 1.97 bits per heavy atom. The first-order valence-electron chi connectivity index (χ1n) is 9.36. The lowest BCUT2D eigenvalue weighted by molar-refractivity contribution is 0.0333. The van der Waals surface area contributed by atoms with Crippen molar-refractivity contribution in [1.29, 1.82) is 0 Å². The summed E-state index contributed by atoms with van der Waals surface area (Å²) in [4.78, 5) is 18.3. The summed E-state index contributed by atoms with van der Waals surface area (Å²) in [6.07, 6.45) is 0.714. The molecule has 7 nitrogen and oxygen atoms in total. The number of likely N-dealkylation sites (tertiary alicyclic amines) is 1. The summed E-state index contributed by atoms with van der Waals surface area (Å²) >= 11 is 0. The number of anilines is 1. The van der Waals surface area contributed by atoms with Crippen molar-refractivity contribution in [3.63, 3.8) is 0 Å². The molecule has 29 heavy (non-hydrogen) atoms. The second-order valence-corrected chi connectivity index (χ2v) is 6.94. The van der Waals surface area contributed by atoms with Gasteiger partial charge in [-0.15, -0.1) is 0 Å². The minimum absolute atomic E-state index is 0.0988. The molecule has 0 bridgehead atoms. The number of hydrogen-bond acceptors (Lipinski definition) is 5. The molecule has 0 aliphatic carbocycles. The zero-order valence-electron chi connectivity index (χ0n) is 16.0. The van der Waals surface area contributed by atoms with Gasteiger partial charge >= 0.3 is 6.03 Å². The van der Waals surface area contributed by atoms with Crippen LogP contribution in [0.15, 0.2) is 59.1 Å². The topological polar surface area (TPSA) is 80.5 Å². The predicted octanol–water partition coefficient (Wildman–Crippen LogP) is 4.24. The summed E-state index contributed by atoms with van der Waals surface area (Å²) in [5.41, 5.74) is -0.527. The van der Waals surface area contributed by atoms with Gasteiger partial charge in [0.2, 0.25) is 11.5 Å². The van der Waals surface area contributed by atoms with Crippen LogP contribution in [0.5, 0.6) is 5.75 Å². The fraction of sp³-hybridized carbons (Fsp3) is 0.286. The van der Waals surface area contributed by atoms with E-state index in [-0.39, 0.29) is 24.9 Å². The number of urea groups is 1. The molecule has 2 aromatic carbocycles. The Morgan fingerprint density at radius 3 is 2.69 bits per heavy atom. The van der Waals surface area contributed by atoms with Crippen LogP contribution in [0.3, 0.4) is 0 Å². The molecule has 1 atom stereocenters. The predicted molar refractivity (Wildman–Crippen MR) is 105 cm³/mol. The van der Waals surface area contributed by atoms with E-state index in [0.29, 0.717) is 30.2 Å². The normalized spacial score (nSPS) is 19.0. The number of aromatic nitrogens is 2. The van der Waals surface area contributed by atoms with Crippen LogP contribution in [0.1, 0.15) is 18.7 Å². The lowest BCUT2D eigenvalue weighted by Crippen LogP contribution is -2.48. The van der Waals surface area contributed by atoms with Crippen molar-refractivity contribution < 1.29 is 18.4 Å². The van der Waals surface area contributed by atoms with E-state index in [1.54, 1.807) is 31.4 Å². The molecule has 0 radical (unpaired) electrons. The Kier molecular flexibility index (Phi) is 5.16. The van der Waals surface area contributed by atoms with Crippen LogP contribution in [0.2, 0.25) is 0 Å². The maximum atomic E-state index is 15.6. The number of halogens is 1. The third-order valence-electron chi connectivity index (χ3n) is 4.91. The molecule has 4 rings (SSSR count). The third-order valence-corrected chi connectivity index (χ3v) is 4.91. The van der Waals surface area contributed by atoms with Crippen molar-refractivity contribution in [2.24, 2.45) is 0 Å². The Balaban J connectivity index is 1.46. The lowest BCUT2D eigenvalue weighted by atomic mass is 9.94. The van der Waals surface area contributed by atoms with Crippen LogP contribution in [0.4, 0.5) is 14.9 Å². The molecule has 1 aromatic heterocycles. The molecule has 1 unspecified atom stereocenters. The molecular weight excluding hydrogens is 375 g/mol. The molecule has 2 amide bonds. The summed E-state index contributed by atoms with van der Waals surface area (Å²) in [6.45, 7) is 0.304. The number of carbonyl (C=O) groups is 1. The van der Waals surface area contributed by atoms with Crippen molar-refractivity contribution in [1.82, 2.24) is 15.0 Å². The maximum Gasteiger partial charge on any atom is 0.321 e. The number of methoxy groups -OCH3 is 1. The highest BCUT2D eigenvalue weighted by molar-refractivity contribution is 5.89. The zero-order valence-corrected chi connectivity index (χ0v) is 16.0. The summed E-state index contributed by atoms with van der Waals surface area (Å²) in [5, 5.41) is 6.69. The molecule has 3 aromatic rings. The minimum Gasteiger partial charge on any atom is -0.497 e. The number of nitrogens with zero attached hydrogens (tertiary/aromatic N) is 3. The summed E-state index contributed by atoms with van der Waals surface area (Å²) < 4.78 is 26.0. The third kappa shape index (κ3) is 4.06. The number of benzene rings is 2. The van der Waals surface area contributed by atoms with E-state index < -0.39 is 5.67 Å². The van der Waals surface area contributed by atoms with Crippen LogP contribution in [0.25, 0.3) is 11.4 Å². The van der Waals surface area contributed by atoms with Gasteiger partial charge in [0.05, 0.1) is 13.7 Å². The number of alkyl halides is 1. The molecule has 0 spiro atoms. The Morgan fingerprint density at radius 1 is 1.21 bits per heavy atom. The molecule has 1 aliphatic rings. The summed E-state index contributed by atoms with van der Waals surface area (Å²) in [5.74, 6) is 0.921. The van der Waals surface area contributed by atoms with Gasteiger partial charge in [0.25, 0.3) is 5.89 Å². The number of amides is 2. The first-order chi connectivity index (χ1) is 14.1. The van der Waals surface area contributed by atoms with Crippen molar-refractivity contribution in [3.05, 3.63) is 60.5 Å². The SMILES string of the molecule is COc1ccc(NC(=O)N2CCCC(F)(c3nc(-c4ccccc4)no3)C2)cc1. The van der Waals surface area contributed by atoms with E-state index in [9.17, 15) is 4.79 Å². The quantitative estimate of drug-likeness (QED) is 0.714. The molecule has 150 valence electrons. The van der Waals surface area contributed by atoms with Crippen LogP contribution in [-0.2, 0) is 5.67 Å². The Hall–Kier alpha value is -3.42. The monoisotopic (exact) mass is 396 g/mol. The first-order valence-corrected chi connectivity index (χ1v) is 9.36. The molecule has 1 saturated heterocycles. The average Bonchev–Trinajstić information content (AvgIpc) is 3.26. The minimum atomic E-state index is -1.88. The highest BCUT2D eigenvalue weighted by Crippen LogP contribution is 2.35. The zero-order chi connectivity index (χ0) is 20.3. The van der Waals surface area contributed by atoms with Crippen molar-refractivity contribution in [3.8, 4) is 17.1 Å². The number of carbonyl (C=O) groups excluding carboxylic acids is 1. The second-order valence-electron chi connectivity index (χ2n) is 6.94. The van der Waals surface area contributed by atoms with E-state index in [2.05, 4.69) is 15.5 Å². The van der Waals surface area contributed by atoms with E-state index in [0.717, 1.165) is 5.56 Å². The molecule has 1 N–H and O–H groups in total. The number of hydrogen-bond donors (Lipinski definition) is 1. The van der Waals surface area contributed by atoms with Crippen molar-refractivity contribution in [2.45, 2.75) is 18.5 Å². The van der Waals surface area contributed by atoms with Crippen LogP contribution >= 0.6 is 0 Å². The average molecular weight is 396 g/mol. The fourth-order valence-corrected chi connectivity index (χ4v) is 3.35. The van der Waals surface area contributed by atoms with E-state index in [1.807, 2.05) is 30.3 Å². The summed E-state index contributed by atoms with van der Waals surface area (Å²) in [7, 11) is 1.57. The van der Waals surface area contributed by atoms with Gasteiger partial charge in [-0.05, 0) is 37.1 Å². The van der Waals surface area contributed by atoms with Crippen LogP contribution in [-0.4, -0.2) is 41.3 Å². The number of piperidine rings is 1. The van der Waals surface area contributed by atoms with Crippen molar-refractivity contribution >= 4 is 11.7 Å². The van der Waals surface area contributed by atoms with Gasteiger partial charge in [0.1, 0.15) is 5.75 Å².